The number of carbonyl (C=O) groups is 3. The molecule has 0 saturated heterocycles. The number of allylic oxidation sites excluding steroid dienone is 1. The lowest BCUT2D eigenvalue weighted by Crippen LogP contribution is -2.09. The third kappa shape index (κ3) is 4.83. The summed E-state index contributed by atoms with van der Waals surface area (Å²) in [6.07, 6.45) is 1.58. The fourth-order valence-electron chi connectivity index (χ4n) is 4.57. The van der Waals surface area contributed by atoms with Crippen LogP contribution in [0.25, 0.3) is 28.4 Å². The number of Topliss-reactive ketones (excluding diaryl/α,β-unsaturated/α-hetero) is 1. The van der Waals surface area contributed by atoms with E-state index in [2.05, 4.69) is 0 Å². The first-order valence-corrected chi connectivity index (χ1v) is 12.6. The number of carbonyl (C=O) groups excluding carboxylic acids is 3. The molecule has 6 rings (SSSR count). The highest BCUT2D eigenvalue weighted by Gasteiger charge is 2.29. The molecule has 0 radical (unpaired) electrons. The molecule has 1 aromatic heterocycles. The van der Waals surface area contributed by atoms with Crippen molar-refractivity contribution in [2.45, 2.75) is 0 Å². The number of hydrogen-bond donors (Lipinski definition) is 0. The van der Waals surface area contributed by atoms with E-state index in [1.54, 1.807) is 61.7 Å². The average molecular weight is 547 g/mol. The average Bonchev–Trinajstić information content (AvgIpc) is 3.54. The van der Waals surface area contributed by atoms with Gasteiger partial charge >= 0.3 is 11.9 Å². The van der Waals surface area contributed by atoms with E-state index in [0.29, 0.717) is 44.7 Å². The van der Waals surface area contributed by atoms with Gasteiger partial charge in [-0.05, 0) is 54.1 Å². The summed E-state index contributed by atoms with van der Waals surface area (Å²) in [5.74, 6) is 0.0986. The molecule has 5 aromatic rings. The van der Waals surface area contributed by atoms with Gasteiger partial charge in [-0.15, -0.1) is 0 Å². The highest BCUT2D eigenvalue weighted by molar-refractivity contribution is 6.15. The normalized spacial score (nSPS) is 13.1. The number of esters is 2. The molecule has 8 heteroatoms. The lowest BCUT2D eigenvalue weighted by atomic mass is 10.1. The molecule has 0 amide bonds. The van der Waals surface area contributed by atoms with Crippen LogP contribution in [0.3, 0.4) is 0 Å². The summed E-state index contributed by atoms with van der Waals surface area (Å²) in [5, 5.41) is 0.546. The summed E-state index contributed by atoms with van der Waals surface area (Å²) in [6.45, 7) is 0. The van der Waals surface area contributed by atoms with Crippen LogP contribution in [0.1, 0.15) is 36.6 Å². The SMILES string of the molecule is COC(=O)c1ccc(/C=C2\Oc3cc(OC(=O)c4c(-c5ccccc5)oc5ccc(OC)cc45)ccc3C2=O)cc1. The van der Waals surface area contributed by atoms with Crippen LogP contribution in [0, 0.1) is 0 Å². The Kier molecular flexibility index (Phi) is 6.57. The van der Waals surface area contributed by atoms with E-state index in [9.17, 15) is 14.4 Å². The van der Waals surface area contributed by atoms with E-state index in [0.717, 1.165) is 0 Å². The summed E-state index contributed by atoms with van der Waals surface area (Å²) < 4.78 is 27.7. The third-order valence-electron chi connectivity index (χ3n) is 6.62. The maximum Gasteiger partial charge on any atom is 0.348 e. The van der Waals surface area contributed by atoms with E-state index in [-0.39, 0.29) is 28.6 Å². The van der Waals surface area contributed by atoms with Gasteiger partial charge in [0.15, 0.2) is 5.76 Å². The quantitative estimate of drug-likeness (QED) is 0.131. The highest BCUT2D eigenvalue weighted by atomic mass is 16.5. The maximum absolute atomic E-state index is 13.6. The number of ether oxygens (including phenoxy) is 4. The van der Waals surface area contributed by atoms with Gasteiger partial charge in [0.25, 0.3) is 0 Å². The number of rotatable bonds is 6. The minimum absolute atomic E-state index is 0.105. The number of fused-ring (bicyclic) bond motifs is 2. The zero-order valence-electron chi connectivity index (χ0n) is 22.0. The molecular weight excluding hydrogens is 524 g/mol. The topological polar surface area (TPSA) is 101 Å². The number of ketones is 1. The maximum atomic E-state index is 13.6. The summed E-state index contributed by atoms with van der Waals surface area (Å²) >= 11 is 0. The first kappa shape index (κ1) is 25.6. The Balaban J connectivity index is 1.29. The third-order valence-corrected chi connectivity index (χ3v) is 6.62. The van der Waals surface area contributed by atoms with Crippen molar-refractivity contribution < 1.29 is 37.7 Å². The van der Waals surface area contributed by atoms with Gasteiger partial charge in [0.05, 0.1) is 25.3 Å². The Morgan fingerprint density at radius 1 is 0.805 bits per heavy atom. The van der Waals surface area contributed by atoms with Crippen LogP contribution in [0.4, 0.5) is 0 Å². The minimum atomic E-state index is -0.637. The molecule has 1 aliphatic rings. The van der Waals surface area contributed by atoms with Crippen LogP contribution < -0.4 is 14.2 Å². The lowest BCUT2D eigenvalue weighted by molar-refractivity contribution is 0.0600. The van der Waals surface area contributed by atoms with E-state index < -0.39 is 11.9 Å². The summed E-state index contributed by atoms with van der Waals surface area (Å²) in [4.78, 5) is 38.2. The highest BCUT2D eigenvalue weighted by Crippen LogP contribution is 2.38. The molecule has 4 aromatic carbocycles. The Labute approximate surface area is 234 Å². The van der Waals surface area contributed by atoms with Gasteiger partial charge in [-0.25, -0.2) is 9.59 Å². The largest absolute Gasteiger partial charge is 0.497 e. The number of benzene rings is 4. The van der Waals surface area contributed by atoms with Crippen LogP contribution in [-0.4, -0.2) is 31.9 Å². The van der Waals surface area contributed by atoms with Crippen molar-refractivity contribution in [3.05, 3.63) is 119 Å². The van der Waals surface area contributed by atoms with Gasteiger partial charge in [0, 0.05) is 17.0 Å². The molecular formula is C33H22O8. The van der Waals surface area contributed by atoms with Crippen molar-refractivity contribution in [3.8, 4) is 28.6 Å². The molecule has 0 unspecified atom stereocenters. The molecule has 0 fully saturated rings. The van der Waals surface area contributed by atoms with Crippen LogP contribution in [-0.2, 0) is 4.74 Å². The molecule has 0 atom stereocenters. The monoisotopic (exact) mass is 546 g/mol. The van der Waals surface area contributed by atoms with Crippen LogP contribution >= 0.6 is 0 Å². The van der Waals surface area contributed by atoms with Crippen LogP contribution in [0.15, 0.2) is 101 Å². The van der Waals surface area contributed by atoms with Gasteiger partial charge in [0.2, 0.25) is 5.78 Å². The van der Waals surface area contributed by atoms with Gasteiger partial charge in [-0.3, -0.25) is 4.79 Å². The molecule has 0 saturated carbocycles. The second kappa shape index (κ2) is 10.5. The zero-order chi connectivity index (χ0) is 28.5. The molecule has 41 heavy (non-hydrogen) atoms. The van der Waals surface area contributed by atoms with Gasteiger partial charge in [0.1, 0.15) is 34.2 Å². The first-order chi connectivity index (χ1) is 19.9. The van der Waals surface area contributed by atoms with E-state index in [1.165, 1.54) is 19.2 Å². The predicted octanol–water partition coefficient (Wildman–Crippen LogP) is 6.73. The van der Waals surface area contributed by atoms with Crippen LogP contribution in [0.5, 0.6) is 17.2 Å². The predicted molar refractivity (Wildman–Crippen MR) is 150 cm³/mol. The van der Waals surface area contributed by atoms with Crippen molar-refractivity contribution >= 4 is 34.8 Å². The molecule has 0 spiro atoms. The summed E-state index contributed by atoms with van der Waals surface area (Å²) in [7, 11) is 2.85. The summed E-state index contributed by atoms with van der Waals surface area (Å²) in [5.41, 5.74) is 2.86. The molecule has 8 nitrogen and oxygen atoms in total. The molecule has 1 aliphatic heterocycles. The van der Waals surface area contributed by atoms with E-state index >= 15 is 0 Å². The fourth-order valence-corrected chi connectivity index (χ4v) is 4.57. The van der Waals surface area contributed by atoms with E-state index in [1.807, 2.05) is 30.3 Å². The first-order valence-electron chi connectivity index (χ1n) is 12.6. The second-order valence-electron chi connectivity index (χ2n) is 9.14. The Morgan fingerprint density at radius 2 is 1.56 bits per heavy atom. The summed E-state index contributed by atoms with van der Waals surface area (Å²) in [6, 6.07) is 25.6. The Bertz CT molecular complexity index is 1850. The number of furan rings is 1. The fraction of sp³-hybridized carbons (Fsp3) is 0.0606. The van der Waals surface area contributed by atoms with E-state index in [4.69, 9.17) is 23.4 Å². The van der Waals surface area contributed by atoms with Crippen molar-refractivity contribution in [1.29, 1.82) is 0 Å². The van der Waals surface area contributed by atoms with Crippen molar-refractivity contribution in [2.24, 2.45) is 0 Å². The molecule has 2 heterocycles. The number of hydrogen-bond acceptors (Lipinski definition) is 8. The van der Waals surface area contributed by atoms with Gasteiger partial charge in [-0.1, -0.05) is 42.5 Å². The van der Waals surface area contributed by atoms with Gasteiger partial charge in [-0.2, -0.15) is 0 Å². The standard InChI is InChI=1S/C33H22O8/c1-37-22-13-15-26-25(17-22)29(31(41-26)20-6-4-3-5-7-20)33(36)39-23-12-14-24-27(18-23)40-28(30(24)34)16-19-8-10-21(11-9-19)32(35)38-2/h3-18H,1-2H3/b28-16-. The van der Waals surface area contributed by atoms with Crippen molar-refractivity contribution in [2.75, 3.05) is 14.2 Å². The Morgan fingerprint density at radius 3 is 2.29 bits per heavy atom. The lowest BCUT2D eigenvalue weighted by Gasteiger charge is -2.07. The zero-order valence-corrected chi connectivity index (χ0v) is 22.0. The number of methoxy groups -OCH3 is 2. The second-order valence-corrected chi connectivity index (χ2v) is 9.14. The Hall–Kier alpha value is -5.63. The van der Waals surface area contributed by atoms with Crippen molar-refractivity contribution in [3.63, 3.8) is 0 Å². The van der Waals surface area contributed by atoms with Gasteiger partial charge < -0.3 is 23.4 Å². The molecule has 0 bridgehead atoms. The minimum Gasteiger partial charge on any atom is -0.497 e. The molecule has 0 N–H and O–H groups in total. The van der Waals surface area contributed by atoms with Crippen LogP contribution in [0.2, 0.25) is 0 Å². The smallest absolute Gasteiger partial charge is 0.348 e. The molecule has 202 valence electrons. The van der Waals surface area contributed by atoms with Crippen molar-refractivity contribution in [1.82, 2.24) is 0 Å². The molecule has 0 aliphatic carbocycles.